The fraction of sp³-hybridized carbons (Fsp3) is 0.533. The normalized spacial score (nSPS) is 38.8. The van der Waals surface area contributed by atoms with Gasteiger partial charge in [-0.3, -0.25) is 4.79 Å². The van der Waals surface area contributed by atoms with Crippen molar-refractivity contribution in [1.82, 2.24) is 0 Å². The van der Waals surface area contributed by atoms with Crippen LogP contribution in [0.25, 0.3) is 0 Å². The summed E-state index contributed by atoms with van der Waals surface area (Å²) in [5, 5.41) is 46.8. The molecule has 0 aromatic carbocycles. The zero-order valence-corrected chi connectivity index (χ0v) is 12.8. The molecule has 1 fully saturated rings. The topological polar surface area (TPSA) is 171 Å². The fourth-order valence-electron chi connectivity index (χ4n) is 2.57. The summed E-state index contributed by atoms with van der Waals surface area (Å²) in [6.07, 6.45) is -5.11. The lowest BCUT2D eigenvalue weighted by atomic mass is 9.92. The number of hydrogen-bond acceptors (Lipinski definition) is 8. The maximum Gasteiger partial charge on any atom is 0.335 e. The van der Waals surface area contributed by atoms with Crippen molar-refractivity contribution in [2.24, 2.45) is 5.92 Å². The number of carboxylic acid groups (broad SMARTS) is 2. The van der Waals surface area contributed by atoms with E-state index in [0.29, 0.717) is 0 Å². The third-order valence-electron chi connectivity index (χ3n) is 3.91. The zero-order valence-electron chi connectivity index (χ0n) is 12.8. The average molecular weight is 358 g/mol. The van der Waals surface area contributed by atoms with Gasteiger partial charge in [-0.15, -0.1) is 0 Å². The Balaban J connectivity index is 2.08. The molecule has 1 aliphatic heterocycles. The molecule has 0 aromatic heterocycles. The summed E-state index contributed by atoms with van der Waals surface area (Å²) in [6.45, 7) is 0. The third kappa shape index (κ3) is 4.50. The van der Waals surface area contributed by atoms with Crippen LogP contribution in [0.3, 0.4) is 0 Å². The Morgan fingerprint density at radius 3 is 2.44 bits per heavy atom. The van der Waals surface area contributed by atoms with Crippen LogP contribution in [0.4, 0.5) is 0 Å². The monoisotopic (exact) mass is 358 g/mol. The highest BCUT2D eigenvalue weighted by Gasteiger charge is 2.48. The summed E-state index contributed by atoms with van der Waals surface area (Å²) >= 11 is 0. The quantitative estimate of drug-likeness (QED) is 0.348. The molecule has 7 atom stereocenters. The number of carboxylic acids is 2. The summed E-state index contributed by atoms with van der Waals surface area (Å²) in [4.78, 5) is 33.5. The summed E-state index contributed by atoms with van der Waals surface area (Å²) in [5.41, 5.74) is 0. The molecule has 1 aliphatic carbocycles. The SMILES string of the molecule is O=C(O)C=CC1C=CC(=O)C(OC2O[C@H](C(=O)O)[C@@H](O)[C@H](O)[C@H]2O)C1. The molecule has 10 heteroatoms. The Labute approximate surface area is 141 Å². The minimum Gasteiger partial charge on any atom is -0.479 e. The second-order valence-corrected chi connectivity index (χ2v) is 5.72. The van der Waals surface area contributed by atoms with E-state index in [1.165, 1.54) is 18.2 Å². The lowest BCUT2D eigenvalue weighted by Gasteiger charge is -2.40. The van der Waals surface area contributed by atoms with Gasteiger partial charge in [-0.2, -0.15) is 0 Å². The lowest BCUT2D eigenvalue weighted by molar-refractivity contribution is -0.301. The molecule has 0 radical (unpaired) electrons. The molecule has 5 N–H and O–H groups in total. The van der Waals surface area contributed by atoms with Gasteiger partial charge in [-0.1, -0.05) is 12.2 Å². The van der Waals surface area contributed by atoms with Gasteiger partial charge in [0, 0.05) is 6.08 Å². The first-order valence-electron chi connectivity index (χ1n) is 7.41. The van der Waals surface area contributed by atoms with E-state index in [1.54, 1.807) is 0 Å². The number of allylic oxidation sites excluding steroid dienone is 2. The number of aliphatic hydroxyl groups is 3. The van der Waals surface area contributed by atoms with Gasteiger partial charge >= 0.3 is 11.9 Å². The van der Waals surface area contributed by atoms with Crippen LogP contribution in [0.5, 0.6) is 0 Å². The van der Waals surface area contributed by atoms with Crippen LogP contribution in [0.2, 0.25) is 0 Å². The molecule has 0 amide bonds. The number of ketones is 1. The highest BCUT2D eigenvalue weighted by Crippen LogP contribution is 2.27. The molecule has 25 heavy (non-hydrogen) atoms. The van der Waals surface area contributed by atoms with Crippen molar-refractivity contribution in [3.05, 3.63) is 24.3 Å². The Bertz CT molecular complexity index is 597. The molecule has 138 valence electrons. The van der Waals surface area contributed by atoms with E-state index in [9.17, 15) is 29.7 Å². The van der Waals surface area contributed by atoms with Crippen molar-refractivity contribution in [3.8, 4) is 0 Å². The van der Waals surface area contributed by atoms with Crippen molar-refractivity contribution in [3.63, 3.8) is 0 Å². The Morgan fingerprint density at radius 2 is 1.84 bits per heavy atom. The van der Waals surface area contributed by atoms with Crippen molar-refractivity contribution < 1.29 is 49.4 Å². The van der Waals surface area contributed by atoms with Gasteiger partial charge in [0.15, 0.2) is 18.2 Å². The van der Waals surface area contributed by atoms with Gasteiger partial charge < -0.3 is 35.0 Å². The third-order valence-corrected chi connectivity index (χ3v) is 3.91. The predicted molar refractivity (Wildman–Crippen MR) is 78.2 cm³/mol. The van der Waals surface area contributed by atoms with E-state index in [4.69, 9.17) is 19.7 Å². The Hall–Kier alpha value is -2.11. The van der Waals surface area contributed by atoms with Gasteiger partial charge in [-0.05, 0) is 18.4 Å². The van der Waals surface area contributed by atoms with Crippen LogP contribution in [0.15, 0.2) is 24.3 Å². The smallest absolute Gasteiger partial charge is 0.335 e. The first-order chi connectivity index (χ1) is 11.7. The molecule has 1 saturated heterocycles. The molecule has 0 bridgehead atoms. The van der Waals surface area contributed by atoms with E-state index in [-0.39, 0.29) is 6.42 Å². The predicted octanol–water partition coefficient (Wildman–Crippen LogP) is -1.95. The van der Waals surface area contributed by atoms with Crippen LogP contribution < -0.4 is 0 Å². The summed E-state index contributed by atoms with van der Waals surface area (Å²) in [6, 6.07) is 0. The second-order valence-electron chi connectivity index (χ2n) is 5.72. The molecule has 2 rings (SSSR count). The number of ether oxygens (including phenoxy) is 2. The number of rotatable bonds is 5. The maximum atomic E-state index is 11.9. The van der Waals surface area contributed by atoms with Gasteiger partial charge in [0.1, 0.15) is 24.4 Å². The maximum absolute atomic E-state index is 11.9. The van der Waals surface area contributed by atoms with Crippen molar-refractivity contribution in [1.29, 1.82) is 0 Å². The molecule has 2 aliphatic rings. The summed E-state index contributed by atoms with van der Waals surface area (Å²) < 4.78 is 10.3. The van der Waals surface area contributed by atoms with Crippen molar-refractivity contribution in [2.75, 3.05) is 0 Å². The summed E-state index contributed by atoms with van der Waals surface area (Å²) in [5.74, 6) is -3.63. The Morgan fingerprint density at radius 1 is 1.16 bits per heavy atom. The van der Waals surface area contributed by atoms with E-state index < -0.39 is 60.4 Å². The molecular weight excluding hydrogens is 340 g/mol. The fourth-order valence-corrected chi connectivity index (χ4v) is 2.57. The lowest BCUT2D eigenvalue weighted by Crippen LogP contribution is -2.61. The minimum atomic E-state index is -1.86. The standard InChI is InChI=1S/C15H18O10/c16-7-3-1-6(2-4-9(17)18)5-8(7)24-15-12(21)10(19)11(20)13(25-15)14(22)23/h1-4,6,8,10-13,15,19-21H,5H2,(H,17,18)(H,22,23)/t6?,8?,10-,11-,12+,13-,15?/m0/s1. The minimum absolute atomic E-state index is 0.0437. The molecule has 0 saturated carbocycles. The van der Waals surface area contributed by atoms with E-state index in [0.717, 1.165) is 6.08 Å². The van der Waals surface area contributed by atoms with Gasteiger partial charge in [0.25, 0.3) is 0 Å². The van der Waals surface area contributed by atoms with Crippen molar-refractivity contribution >= 4 is 17.7 Å². The van der Waals surface area contributed by atoms with E-state index >= 15 is 0 Å². The van der Waals surface area contributed by atoms with Crippen LogP contribution >= 0.6 is 0 Å². The first-order valence-corrected chi connectivity index (χ1v) is 7.41. The molecule has 1 heterocycles. The van der Waals surface area contributed by atoms with Gasteiger partial charge in [0.05, 0.1) is 0 Å². The average Bonchev–Trinajstić information content (AvgIpc) is 2.55. The summed E-state index contributed by atoms with van der Waals surface area (Å²) in [7, 11) is 0. The highest BCUT2D eigenvalue weighted by molar-refractivity contribution is 5.94. The second kappa shape index (κ2) is 7.85. The van der Waals surface area contributed by atoms with Crippen LogP contribution in [0, 0.1) is 5.92 Å². The number of aliphatic carboxylic acids is 2. The first kappa shape index (κ1) is 19.2. The molecular formula is C15H18O10. The molecule has 0 spiro atoms. The van der Waals surface area contributed by atoms with Gasteiger partial charge in [0.2, 0.25) is 0 Å². The van der Waals surface area contributed by atoms with E-state index in [2.05, 4.69) is 0 Å². The van der Waals surface area contributed by atoms with Gasteiger partial charge in [-0.25, -0.2) is 9.59 Å². The number of hydrogen-bond donors (Lipinski definition) is 5. The van der Waals surface area contributed by atoms with Crippen molar-refractivity contribution in [2.45, 2.75) is 43.2 Å². The van der Waals surface area contributed by atoms with E-state index in [1.807, 2.05) is 0 Å². The number of aliphatic hydroxyl groups excluding tert-OH is 3. The largest absolute Gasteiger partial charge is 0.479 e. The Kier molecular flexibility index (Phi) is 6.03. The molecule has 0 aromatic rings. The number of carbonyl (C=O) groups is 3. The van der Waals surface area contributed by atoms with Crippen LogP contribution in [0.1, 0.15) is 6.42 Å². The molecule has 10 nitrogen and oxygen atoms in total. The van der Waals surface area contributed by atoms with Crippen LogP contribution in [-0.4, -0.2) is 80.1 Å². The molecule has 3 unspecified atom stereocenters. The highest BCUT2D eigenvalue weighted by atomic mass is 16.7. The van der Waals surface area contributed by atoms with Crippen LogP contribution in [-0.2, 0) is 23.9 Å². The number of carbonyl (C=O) groups excluding carboxylic acids is 1. The zero-order chi connectivity index (χ0) is 18.7.